The second kappa shape index (κ2) is 8.41. The molecule has 1 aliphatic heterocycles. The quantitative estimate of drug-likeness (QED) is 0.659. The maximum Gasteiger partial charge on any atom is 0.126 e. The minimum Gasteiger partial charge on any atom is -0.497 e. The molecule has 29 heavy (non-hydrogen) atoms. The molecule has 0 bridgehead atoms. The molecule has 0 saturated carbocycles. The predicted molar refractivity (Wildman–Crippen MR) is 117 cm³/mol. The van der Waals surface area contributed by atoms with E-state index in [1.165, 1.54) is 0 Å². The zero-order valence-electron chi connectivity index (χ0n) is 16.7. The van der Waals surface area contributed by atoms with E-state index in [1.54, 1.807) is 14.2 Å². The molecule has 0 radical (unpaired) electrons. The molecule has 3 aromatic rings. The second-order valence-electron chi connectivity index (χ2n) is 7.00. The van der Waals surface area contributed by atoms with Gasteiger partial charge in [0.2, 0.25) is 0 Å². The summed E-state index contributed by atoms with van der Waals surface area (Å²) in [4.78, 5) is 2.16. The summed E-state index contributed by atoms with van der Waals surface area (Å²) in [6.07, 6.45) is 6.34. The lowest BCUT2D eigenvalue weighted by atomic mass is 9.96. The largest absolute Gasteiger partial charge is 0.497 e. The summed E-state index contributed by atoms with van der Waals surface area (Å²) in [6.45, 7) is 0.748. The lowest BCUT2D eigenvalue weighted by Gasteiger charge is -2.32. The van der Waals surface area contributed by atoms with Crippen LogP contribution in [-0.4, -0.2) is 37.4 Å². The van der Waals surface area contributed by atoms with Gasteiger partial charge in [-0.2, -0.15) is 0 Å². The monoisotopic (exact) mass is 387 g/mol. The molecular weight excluding hydrogens is 362 g/mol. The van der Waals surface area contributed by atoms with E-state index in [2.05, 4.69) is 47.5 Å². The average molecular weight is 387 g/mol. The Labute approximate surface area is 171 Å². The van der Waals surface area contributed by atoms with E-state index in [9.17, 15) is 5.11 Å². The molecule has 3 aromatic carbocycles. The molecule has 4 rings (SSSR count). The molecule has 1 N–H and O–H groups in total. The third-order valence-corrected chi connectivity index (χ3v) is 5.44. The molecule has 0 spiro atoms. The zero-order chi connectivity index (χ0) is 20.2. The van der Waals surface area contributed by atoms with Crippen molar-refractivity contribution >= 4 is 16.3 Å². The summed E-state index contributed by atoms with van der Waals surface area (Å²) in [5.74, 6) is 1.69. The molecule has 1 aliphatic rings. The van der Waals surface area contributed by atoms with Crippen LogP contribution in [0.3, 0.4) is 0 Å². The van der Waals surface area contributed by atoms with Crippen LogP contribution in [0.15, 0.2) is 79.0 Å². The number of allylic oxidation sites excluding steroid dienone is 2. The Hall–Kier alpha value is -3.24. The van der Waals surface area contributed by atoms with Crippen molar-refractivity contribution in [2.24, 2.45) is 0 Å². The highest BCUT2D eigenvalue weighted by molar-refractivity contribution is 5.91. The zero-order valence-corrected chi connectivity index (χ0v) is 16.7. The summed E-state index contributed by atoms with van der Waals surface area (Å²) in [5.41, 5.74) is 3.36. The van der Waals surface area contributed by atoms with Gasteiger partial charge in [0.15, 0.2) is 0 Å². The van der Waals surface area contributed by atoms with E-state index in [-0.39, 0.29) is 12.6 Å². The lowest BCUT2D eigenvalue weighted by Crippen LogP contribution is -2.28. The van der Waals surface area contributed by atoms with Crippen LogP contribution in [0.25, 0.3) is 16.3 Å². The Bertz CT molecular complexity index is 1070. The highest BCUT2D eigenvalue weighted by atomic mass is 16.5. The summed E-state index contributed by atoms with van der Waals surface area (Å²) in [6, 6.07) is 20.1. The van der Waals surface area contributed by atoms with Crippen LogP contribution < -0.4 is 9.47 Å². The first kappa shape index (κ1) is 19.1. The highest BCUT2D eigenvalue weighted by Crippen LogP contribution is 2.35. The minimum absolute atomic E-state index is 0.0308. The van der Waals surface area contributed by atoms with Gasteiger partial charge in [-0.15, -0.1) is 0 Å². The van der Waals surface area contributed by atoms with Crippen molar-refractivity contribution in [3.63, 3.8) is 0 Å². The molecule has 0 aromatic heterocycles. The first-order valence-electron chi connectivity index (χ1n) is 9.70. The number of nitrogens with zero attached hydrogens (tertiary/aromatic N) is 1. The van der Waals surface area contributed by atoms with Crippen molar-refractivity contribution in [1.29, 1.82) is 0 Å². The van der Waals surface area contributed by atoms with Gasteiger partial charge in [0, 0.05) is 18.1 Å². The molecule has 0 saturated heterocycles. The number of ether oxygens (including phenoxy) is 2. The van der Waals surface area contributed by atoms with Crippen molar-refractivity contribution in [3.8, 4) is 11.5 Å². The number of methoxy groups -OCH3 is 2. The fraction of sp³-hybridized carbons (Fsp3) is 0.200. The van der Waals surface area contributed by atoms with Gasteiger partial charge in [-0.25, -0.2) is 0 Å². The van der Waals surface area contributed by atoms with E-state index in [0.717, 1.165) is 39.0 Å². The number of rotatable bonds is 6. The molecule has 0 aliphatic carbocycles. The molecule has 4 heteroatoms. The molecule has 148 valence electrons. The first-order chi connectivity index (χ1) is 14.2. The van der Waals surface area contributed by atoms with Crippen LogP contribution in [0.5, 0.6) is 11.5 Å². The number of fused-ring (bicyclic) bond motifs is 1. The standard InChI is InChI=1S/C25H25NO3/c1-28-20-7-5-6-19(16-20)18-12-14-26(15-13-18)24(17-27)22-10-11-25(29-2)23-9-4-3-8-21(22)23/h3-14,16,24,27H,15,17H2,1-2H3. The Kier molecular flexibility index (Phi) is 5.54. The maximum absolute atomic E-state index is 10.2. The molecule has 4 nitrogen and oxygen atoms in total. The second-order valence-corrected chi connectivity index (χ2v) is 7.00. The van der Waals surface area contributed by atoms with Crippen molar-refractivity contribution < 1.29 is 14.6 Å². The van der Waals surface area contributed by atoms with E-state index >= 15 is 0 Å². The van der Waals surface area contributed by atoms with Crippen molar-refractivity contribution in [1.82, 2.24) is 4.90 Å². The van der Waals surface area contributed by atoms with Gasteiger partial charge in [-0.1, -0.05) is 48.5 Å². The molecule has 1 atom stereocenters. The molecular formula is C25H25NO3. The van der Waals surface area contributed by atoms with E-state index in [1.807, 2.05) is 36.4 Å². The van der Waals surface area contributed by atoms with Crippen LogP contribution in [0, 0.1) is 0 Å². The Balaban J connectivity index is 1.63. The summed E-state index contributed by atoms with van der Waals surface area (Å²) < 4.78 is 10.8. The SMILES string of the molecule is COc1cccc(C2=CCN(C(CO)c3ccc(OC)c4ccccc34)C=C2)c1. The number of benzene rings is 3. The summed E-state index contributed by atoms with van der Waals surface area (Å²) in [5, 5.41) is 12.4. The third kappa shape index (κ3) is 3.71. The fourth-order valence-electron chi connectivity index (χ4n) is 3.90. The van der Waals surface area contributed by atoms with Crippen LogP contribution in [0.2, 0.25) is 0 Å². The van der Waals surface area contributed by atoms with Gasteiger partial charge in [-0.05, 0) is 46.4 Å². The lowest BCUT2D eigenvalue weighted by molar-refractivity contribution is 0.175. The Morgan fingerprint density at radius 2 is 1.79 bits per heavy atom. The highest BCUT2D eigenvalue weighted by Gasteiger charge is 2.21. The Morgan fingerprint density at radius 3 is 2.48 bits per heavy atom. The number of aliphatic hydroxyl groups is 1. The molecule has 0 amide bonds. The van der Waals surface area contributed by atoms with Crippen LogP contribution in [0.4, 0.5) is 0 Å². The maximum atomic E-state index is 10.2. The van der Waals surface area contributed by atoms with Crippen LogP contribution in [-0.2, 0) is 0 Å². The average Bonchev–Trinajstić information content (AvgIpc) is 2.80. The third-order valence-electron chi connectivity index (χ3n) is 5.44. The van der Waals surface area contributed by atoms with E-state index in [0.29, 0.717) is 6.54 Å². The van der Waals surface area contributed by atoms with Gasteiger partial charge in [-0.3, -0.25) is 0 Å². The fourth-order valence-corrected chi connectivity index (χ4v) is 3.90. The minimum atomic E-state index is -0.134. The number of hydrogen-bond acceptors (Lipinski definition) is 4. The van der Waals surface area contributed by atoms with Crippen LogP contribution in [0.1, 0.15) is 17.2 Å². The first-order valence-corrected chi connectivity index (χ1v) is 9.70. The van der Waals surface area contributed by atoms with E-state index < -0.39 is 0 Å². The number of aliphatic hydroxyl groups excluding tert-OH is 1. The summed E-state index contributed by atoms with van der Waals surface area (Å²) in [7, 11) is 3.36. The molecule has 1 unspecified atom stereocenters. The van der Waals surface area contributed by atoms with Gasteiger partial charge in [0.05, 0.1) is 26.9 Å². The summed E-state index contributed by atoms with van der Waals surface area (Å²) >= 11 is 0. The topological polar surface area (TPSA) is 41.9 Å². The van der Waals surface area contributed by atoms with Crippen molar-refractivity contribution in [2.75, 3.05) is 27.4 Å². The van der Waals surface area contributed by atoms with Gasteiger partial charge >= 0.3 is 0 Å². The predicted octanol–water partition coefficient (Wildman–Crippen LogP) is 4.80. The number of hydrogen-bond donors (Lipinski definition) is 1. The Morgan fingerprint density at radius 1 is 0.966 bits per heavy atom. The van der Waals surface area contributed by atoms with E-state index in [4.69, 9.17) is 9.47 Å². The van der Waals surface area contributed by atoms with Crippen molar-refractivity contribution in [2.45, 2.75) is 6.04 Å². The van der Waals surface area contributed by atoms with Gasteiger partial charge < -0.3 is 19.5 Å². The smallest absolute Gasteiger partial charge is 0.126 e. The van der Waals surface area contributed by atoms with Gasteiger partial charge in [0.1, 0.15) is 11.5 Å². The normalized spacial score (nSPS) is 14.6. The van der Waals surface area contributed by atoms with Crippen LogP contribution >= 0.6 is 0 Å². The van der Waals surface area contributed by atoms with Crippen molar-refractivity contribution in [3.05, 3.63) is 90.1 Å². The van der Waals surface area contributed by atoms with Gasteiger partial charge in [0.25, 0.3) is 0 Å². The molecule has 0 fully saturated rings. The molecule has 1 heterocycles.